The number of rotatable bonds is 13. The molecule has 2 aromatic rings. The molecule has 0 fully saturated rings. The molecule has 0 aliphatic carbocycles. The Morgan fingerprint density at radius 1 is 0.763 bits per heavy atom. The lowest BCUT2D eigenvalue weighted by molar-refractivity contribution is -0.392. The zero-order valence-corrected chi connectivity index (χ0v) is 20.8. The average Bonchev–Trinajstić information content (AvgIpc) is 2.81. The van der Waals surface area contributed by atoms with Crippen LogP contribution in [0.1, 0.15) is 40.0 Å². The van der Waals surface area contributed by atoms with Gasteiger partial charge in [0.05, 0.1) is 19.7 Å². The van der Waals surface area contributed by atoms with Gasteiger partial charge in [-0.1, -0.05) is 0 Å². The van der Waals surface area contributed by atoms with Crippen LogP contribution < -0.4 is 16.0 Å². The third-order valence-corrected chi connectivity index (χ3v) is 5.18. The lowest BCUT2D eigenvalue weighted by Crippen LogP contribution is -2.48. The molecule has 0 bridgehead atoms. The molecule has 0 aromatic heterocycles. The second-order valence-electron chi connectivity index (χ2n) is 9.23. The maximum Gasteiger partial charge on any atom is 0.299 e. The molecule has 16 nitrogen and oxygen atoms in total. The normalized spacial score (nSPS) is 11.8. The number of carbonyl (C=O) groups excluding carboxylic acids is 1. The van der Waals surface area contributed by atoms with E-state index in [9.17, 15) is 45.3 Å². The van der Waals surface area contributed by atoms with E-state index < -0.39 is 65.6 Å². The van der Waals surface area contributed by atoms with Crippen molar-refractivity contribution in [2.45, 2.75) is 51.6 Å². The summed E-state index contributed by atoms with van der Waals surface area (Å²) in [7, 11) is 0. The fourth-order valence-electron chi connectivity index (χ4n) is 3.58. The Labute approximate surface area is 216 Å². The Kier molecular flexibility index (Phi) is 9.56. The van der Waals surface area contributed by atoms with Gasteiger partial charge in [-0.2, -0.15) is 0 Å². The van der Waals surface area contributed by atoms with Crippen molar-refractivity contribution >= 4 is 40.0 Å². The number of nitro groups is 4. The molecule has 0 aliphatic rings. The third kappa shape index (κ3) is 7.81. The quantitative estimate of drug-likeness (QED) is 0.187. The van der Waals surface area contributed by atoms with E-state index in [4.69, 9.17) is 0 Å². The van der Waals surface area contributed by atoms with Gasteiger partial charge >= 0.3 is 0 Å². The van der Waals surface area contributed by atoms with Gasteiger partial charge in [0.2, 0.25) is 5.91 Å². The van der Waals surface area contributed by atoms with Crippen LogP contribution in [0.4, 0.5) is 34.1 Å². The van der Waals surface area contributed by atoms with Crippen LogP contribution in [-0.4, -0.2) is 43.7 Å². The van der Waals surface area contributed by atoms with E-state index >= 15 is 0 Å². The highest BCUT2D eigenvalue weighted by atomic mass is 16.6. The summed E-state index contributed by atoms with van der Waals surface area (Å²) in [5.41, 5.74) is -3.41. The Morgan fingerprint density at radius 3 is 1.58 bits per heavy atom. The fraction of sp³-hybridized carbons (Fsp3) is 0.409. The first-order valence-corrected chi connectivity index (χ1v) is 11.4. The van der Waals surface area contributed by atoms with Gasteiger partial charge in [0.15, 0.2) is 11.4 Å². The maximum atomic E-state index is 13.0. The molecule has 3 N–H and O–H groups in total. The first-order valence-electron chi connectivity index (χ1n) is 11.4. The molecule has 0 saturated heterocycles. The van der Waals surface area contributed by atoms with Gasteiger partial charge in [-0.05, 0) is 52.2 Å². The largest absolute Gasteiger partial charge is 0.374 e. The smallest absolute Gasteiger partial charge is 0.299 e. The van der Waals surface area contributed by atoms with Crippen LogP contribution in [0, 0.1) is 40.5 Å². The number of nitrogens with one attached hydrogen (secondary N) is 3. The summed E-state index contributed by atoms with van der Waals surface area (Å²) in [4.78, 5) is 55.5. The number of nitro benzene ring substituents is 4. The Bertz CT molecular complexity index is 1180. The monoisotopic (exact) mass is 533 g/mol. The van der Waals surface area contributed by atoms with Crippen molar-refractivity contribution in [2.24, 2.45) is 0 Å². The van der Waals surface area contributed by atoms with Crippen molar-refractivity contribution in [2.75, 3.05) is 17.2 Å². The average molecular weight is 533 g/mol. The van der Waals surface area contributed by atoms with Crippen LogP contribution >= 0.6 is 0 Å². The number of nitrogens with zero attached hydrogens (tertiary/aromatic N) is 4. The summed E-state index contributed by atoms with van der Waals surface area (Å²) >= 11 is 0. The zero-order chi connectivity index (χ0) is 28.6. The summed E-state index contributed by atoms with van der Waals surface area (Å²) in [5.74, 6) is -0.549. The first kappa shape index (κ1) is 29.3. The molecule has 0 radical (unpaired) electrons. The minimum Gasteiger partial charge on any atom is -0.374 e. The highest BCUT2D eigenvalue weighted by molar-refractivity contribution is 5.87. The summed E-state index contributed by atoms with van der Waals surface area (Å²) in [6.45, 7) is 5.24. The van der Waals surface area contributed by atoms with Crippen LogP contribution in [0.2, 0.25) is 0 Å². The number of anilines is 2. The number of benzene rings is 2. The molecule has 1 atom stereocenters. The predicted octanol–water partition coefficient (Wildman–Crippen LogP) is 4.30. The molecule has 16 heteroatoms. The molecule has 1 amide bonds. The maximum absolute atomic E-state index is 13.0. The van der Waals surface area contributed by atoms with Crippen molar-refractivity contribution in [1.82, 2.24) is 5.32 Å². The molecule has 0 heterocycles. The molecule has 38 heavy (non-hydrogen) atoms. The van der Waals surface area contributed by atoms with Gasteiger partial charge in [-0.15, -0.1) is 0 Å². The predicted molar refractivity (Wildman–Crippen MR) is 137 cm³/mol. The highest BCUT2D eigenvalue weighted by Crippen LogP contribution is 2.35. The molecule has 0 aliphatic heterocycles. The van der Waals surface area contributed by atoms with E-state index in [-0.39, 0.29) is 25.1 Å². The molecular weight excluding hydrogens is 506 g/mol. The lowest BCUT2D eigenvalue weighted by atomic mass is 10.0. The van der Waals surface area contributed by atoms with Crippen LogP contribution in [-0.2, 0) is 4.79 Å². The van der Waals surface area contributed by atoms with Crippen LogP contribution in [0.5, 0.6) is 0 Å². The van der Waals surface area contributed by atoms with Gasteiger partial charge in [-0.25, -0.2) is 0 Å². The van der Waals surface area contributed by atoms with Gasteiger partial charge in [0.1, 0.15) is 6.04 Å². The third-order valence-electron chi connectivity index (χ3n) is 5.18. The van der Waals surface area contributed by atoms with E-state index in [1.165, 1.54) is 12.1 Å². The second-order valence-corrected chi connectivity index (χ2v) is 9.23. The number of para-hydroxylation sites is 2. The SMILES string of the molecule is CC(C)(C)NC(=O)[C@@H](CCCCNc1c([N+](=O)[O-])cccc1[N+](=O)[O-])Nc1c([N+](=O)[O-])cccc1[N+](=O)[O-]. The van der Waals surface area contributed by atoms with E-state index in [0.717, 1.165) is 24.3 Å². The standard InChI is InChI=1S/C22H27N7O9/c1-22(2,3)25-21(30)14(24-20-17(28(35)36)11-7-12-18(20)29(37)38)8-4-5-13-23-19-15(26(31)32)9-6-10-16(19)27(33)34/h6-7,9-12,14,23-24H,4-5,8,13H2,1-3H3,(H,25,30)/t14-/m1/s1. The molecule has 0 unspecified atom stereocenters. The Balaban J connectivity index is 2.22. The van der Waals surface area contributed by atoms with Crippen LogP contribution in [0.3, 0.4) is 0 Å². The first-order chi connectivity index (χ1) is 17.7. The van der Waals surface area contributed by atoms with Crippen molar-refractivity contribution in [3.8, 4) is 0 Å². The van der Waals surface area contributed by atoms with E-state index in [1.54, 1.807) is 20.8 Å². The van der Waals surface area contributed by atoms with Crippen molar-refractivity contribution in [3.05, 3.63) is 76.9 Å². The van der Waals surface area contributed by atoms with Gasteiger partial charge in [0, 0.05) is 36.3 Å². The Morgan fingerprint density at radius 2 is 1.18 bits per heavy atom. The zero-order valence-electron chi connectivity index (χ0n) is 20.8. The van der Waals surface area contributed by atoms with Crippen molar-refractivity contribution in [1.29, 1.82) is 0 Å². The number of hydrogen-bond donors (Lipinski definition) is 3. The van der Waals surface area contributed by atoms with E-state index in [0.29, 0.717) is 6.42 Å². The van der Waals surface area contributed by atoms with Crippen LogP contribution in [0.25, 0.3) is 0 Å². The number of carbonyl (C=O) groups is 1. The molecule has 2 aromatic carbocycles. The lowest BCUT2D eigenvalue weighted by Gasteiger charge is -2.26. The number of hydrogen-bond acceptors (Lipinski definition) is 11. The minimum atomic E-state index is -1.10. The number of amides is 1. The van der Waals surface area contributed by atoms with Gasteiger partial charge < -0.3 is 16.0 Å². The topological polar surface area (TPSA) is 226 Å². The molecule has 204 valence electrons. The van der Waals surface area contributed by atoms with Gasteiger partial charge in [-0.3, -0.25) is 45.3 Å². The molecule has 2 rings (SSSR count). The molecular formula is C22H27N7O9. The summed E-state index contributed by atoms with van der Waals surface area (Å²) < 4.78 is 0. The van der Waals surface area contributed by atoms with Crippen molar-refractivity contribution < 1.29 is 24.5 Å². The number of unbranched alkanes of at least 4 members (excludes halogenated alkanes) is 1. The van der Waals surface area contributed by atoms with Crippen molar-refractivity contribution in [3.63, 3.8) is 0 Å². The summed E-state index contributed by atoms with van der Waals surface area (Å²) in [6, 6.07) is 5.69. The second kappa shape index (κ2) is 12.4. The summed E-state index contributed by atoms with van der Waals surface area (Å²) in [6.07, 6.45) is 0.653. The van der Waals surface area contributed by atoms with Crippen LogP contribution in [0.15, 0.2) is 36.4 Å². The fourth-order valence-corrected chi connectivity index (χ4v) is 3.58. The van der Waals surface area contributed by atoms with E-state index in [1.807, 2.05) is 0 Å². The van der Waals surface area contributed by atoms with Gasteiger partial charge in [0.25, 0.3) is 22.7 Å². The molecule has 0 saturated carbocycles. The Hall–Kier alpha value is -4.89. The van der Waals surface area contributed by atoms with E-state index in [2.05, 4.69) is 16.0 Å². The summed E-state index contributed by atoms with van der Waals surface area (Å²) in [5, 5.41) is 53.7. The highest BCUT2D eigenvalue weighted by Gasteiger charge is 2.30. The minimum absolute atomic E-state index is 0.0743. The molecule has 0 spiro atoms.